The molecule has 0 heterocycles. The standard InChI is InChI=1S/C25H26N2O4/c1-3-29-24-15-21(13-14-23(24)30-17-20-10-5-4-6-11-20)16-26-31-18-25(28)27-22-12-8-7-9-19(22)2/h4-16H,3,17-18H2,1-2H3,(H,27,28). The molecule has 0 aromatic heterocycles. The number of anilines is 1. The van der Waals surface area contributed by atoms with Crippen molar-refractivity contribution in [3.05, 3.63) is 89.5 Å². The number of hydrogen-bond donors (Lipinski definition) is 1. The summed E-state index contributed by atoms with van der Waals surface area (Å²) in [5, 5.41) is 6.68. The van der Waals surface area contributed by atoms with E-state index in [1.165, 1.54) is 6.21 Å². The van der Waals surface area contributed by atoms with E-state index in [1.807, 2.05) is 86.6 Å². The van der Waals surface area contributed by atoms with E-state index in [9.17, 15) is 4.79 Å². The molecular weight excluding hydrogens is 392 g/mol. The zero-order valence-electron chi connectivity index (χ0n) is 17.7. The van der Waals surface area contributed by atoms with Crippen LogP contribution in [0.3, 0.4) is 0 Å². The molecule has 0 atom stereocenters. The first-order valence-corrected chi connectivity index (χ1v) is 10.1. The largest absolute Gasteiger partial charge is 0.490 e. The first kappa shape index (κ1) is 21.9. The van der Waals surface area contributed by atoms with Crippen molar-refractivity contribution in [1.82, 2.24) is 0 Å². The molecule has 0 aliphatic rings. The van der Waals surface area contributed by atoms with E-state index in [4.69, 9.17) is 14.3 Å². The number of amides is 1. The fourth-order valence-electron chi connectivity index (χ4n) is 2.82. The molecule has 0 spiro atoms. The van der Waals surface area contributed by atoms with Gasteiger partial charge in [-0.3, -0.25) is 4.79 Å². The van der Waals surface area contributed by atoms with Crippen LogP contribution in [0.2, 0.25) is 0 Å². The number of nitrogens with one attached hydrogen (secondary N) is 1. The summed E-state index contributed by atoms with van der Waals surface area (Å²) in [7, 11) is 0. The number of ether oxygens (including phenoxy) is 2. The molecule has 3 rings (SSSR count). The second kappa shape index (κ2) is 11.4. The Morgan fingerprint density at radius 2 is 1.74 bits per heavy atom. The fourth-order valence-corrected chi connectivity index (χ4v) is 2.82. The molecule has 1 amide bonds. The minimum Gasteiger partial charge on any atom is -0.490 e. The number of carbonyl (C=O) groups excluding carboxylic acids is 1. The van der Waals surface area contributed by atoms with Crippen molar-refractivity contribution in [1.29, 1.82) is 0 Å². The van der Waals surface area contributed by atoms with Crippen molar-refractivity contribution in [3.8, 4) is 11.5 Å². The van der Waals surface area contributed by atoms with Crippen molar-refractivity contribution >= 4 is 17.8 Å². The molecule has 0 radical (unpaired) electrons. The second-order valence-corrected chi connectivity index (χ2v) is 6.78. The molecule has 0 fully saturated rings. The van der Waals surface area contributed by atoms with Gasteiger partial charge in [0.15, 0.2) is 18.1 Å². The molecule has 1 N–H and O–H groups in total. The summed E-state index contributed by atoms with van der Waals surface area (Å²) in [5.41, 5.74) is 3.59. The summed E-state index contributed by atoms with van der Waals surface area (Å²) >= 11 is 0. The Kier molecular flexibility index (Phi) is 8.05. The maximum atomic E-state index is 12.0. The van der Waals surface area contributed by atoms with Crippen molar-refractivity contribution in [3.63, 3.8) is 0 Å². The number of para-hydroxylation sites is 1. The molecule has 0 aliphatic heterocycles. The number of carbonyl (C=O) groups is 1. The van der Waals surface area contributed by atoms with Crippen molar-refractivity contribution < 1.29 is 19.1 Å². The quantitative estimate of drug-likeness (QED) is 0.373. The highest BCUT2D eigenvalue weighted by Gasteiger charge is 2.07. The SMILES string of the molecule is CCOc1cc(C=NOCC(=O)Nc2ccccc2C)ccc1OCc1ccccc1. The molecule has 0 saturated carbocycles. The van der Waals surface area contributed by atoms with Crippen LogP contribution in [0.15, 0.2) is 78.0 Å². The third-order valence-electron chi connectivity index (χ3n) is 4.40. The first-order chi connectivity index (χ1) is 15.2. The normalized spacial score (nSPS) is 10.6. The van der Waals surface area contributed by atoms with E-state index in [1.54, 1.807) is 0 Å². The Morgan fingerprint density at radius 1 is 0.968 bits per heavy atom. The molecule has 6 heteroatoms. The minimum absolute atomic E-state index is 0.179. The van der Waals surface area contributed by atoms with E-state index in [0.717, 1.165) is 22.4 Å². The smallest absolute Gasteiger partial charge is 0.265 e. The average Bonchev–Trinajstić information content (AvgIpc) is 2.79. The maximum absolute atomic E-state index is 12.0. The Bertz CT molecular complexity index is 1020. The minimum atomic E-state index is -0.272. The lowest BCUT2D eigenvalue weighted by Gasteiger charge is -2.12. The van der Waals surface area contributed by atoms with Gasteiger partial charge in [0.05, 0.1) is 12.8 Å². The predicted octanol–water partition coefficient (Wildman–Crippen LogP) is 4.96. The van der Waals surface area contributed by atoms with E-state index >= 15 is 0 Å². The highest BCUT2D eigenvalue weighted by Crippen LogP contribution is 2.29. The van der Waals surface area contributed by atoms with Crippen LogP contribution in [-0.2, 0) is 16.2 Å². The highest BCUT2D eigenvalue weighted by molar-refractivity contribution is 5.92. The van der Waals surface area contributed by atoms with E-state index in [2.05, 4.69) is 10.5 Å². The average molecular weight is 418 g/mol. The number of rotatable bonds is 10. The highest BCUT2D eigenvalue weighted by atomic mass is 16.6. The number of aryl methyl sites for hydroxylation is 1. The molecular formula is C25H26N2O4. The lowest BCUT2D eigenvalue weighted by atomic mass is 10.2. The Hall–Kier alpha value is -3.80. The molecule has 31 heavy (non-hydrogen) atoms. The second-order valence-electron chi connectivity index (χ2n) is 6.78. The lowest BCUT2D eigenvalue weighted by Crippen LogP contribution is -2.17. The zero-order chi connectivity index (χ0) is 21.9. The van der Waals surface area contributed by atoms with E-state index < -0.39 is 0 Å². The van der Waals surface area contributed by atoms with Crippen LogP contribution in [0.4, 0.5) is 5.69 Å². The molecule has 0 aliphatic carbocycles. The predicted molar refractivity (Wildman–Crippen MR) is 122 cm³/mol. The molecule has 160 valence electrons. The Balaban J connectivity index is 1.54. The summed E-state index contributed by atoms with van der Waals surface area (Å²) in [5.74, 6) is 1.01. The number of hydrogen-bond acceptors (Lipinski definition) is 5. The van der Waals surface area contributed by atoms with Gasteiger partial charge in [0, 0.05) is 11.3 Å². The first-order valence-electron chi connectivity index (χ1n) is 10.1. The van der Waals surface area contributed by atoms with E-state index in [-0.39, 0.29) is 12.5 Å². The summed E-state index contributed by atoms with van der Waals surface area (Å²) in [4.78, 5) is 17.1. The van der Waals surface area contributed by atoms with Gasteiger partial charge in [-0.25, -0.2) is 0 Å². The van der Waals surface area contributed by atoms with Gasteiger partial charge in [0.25, 0.3) is 5.91 Å². The van der Waals surface area contributed by atoms with Gasteiger partial charge in [-0.05, 0) is 49.2 Å². The lowest BCUT2D eigenvalue weighted by molar-refractivity contribution is -0.120. The van der Waals surface area contributed by atoms with Gasteiger partial charge < -0.3 is 19.6 Å². The van der Waals surface area contributed by atoms with Gasteiger partial charge in [-0.1, -0.05) is 53.7 Å². The summed E-state index contributed by atoms with van der Waals surface area (Å²) in [6.45, 7) is 4.63. The zero-order valence-corrected chi connectivity index (χ0v) is 17.7. The molecule has 6 nitrogen and oxygen atoms in total. The number of nitrogens with zero attached hydrogens (tertiary/aromatic N) is 1. The molecule has 3 aromatic carbocycles. The summed E-state index contributed by atoms with van der Waals surface area (Å²) < 4.78 is 11.6. The van der Waals surface area contributed by atoms with Crippen LogP contribution in [-0.4, -0.2) is 25.3 Å². The summed E-state index contributed by atoms with van der Waals surface area (Å²) in [6.07, 6.45) is 1.53. The molecule has 0 bridgehead atoms. The van der Waals surface area contributed by atoms with Crippen molar-refractivity contribution in [2.75, 3.05) is 18.5 Å². The Morgan fingerprint density at radius 3 is 2.52 bits per heavy atom. The molecule has 3 aromatic rings. The van der Waals surface area contributed by atoms with Gasteiger partial charge in [-0.15, -0.1) is 0 Å². The summed E-state index contributed by atoms with van der Waals surface area (Å²) in [6, 6.07) is 23.0. The topological polar surface area (TPSA) is 69.2 Å². The van der Waals surface area contributed by atoms with Gasteiger partial charge >= 0.3 is 0 Å². The van der Waals surface area contributed by atoms with Crippen LogP contribution < -0.4 is 14.8 Å². The number of benzene rings is 3. The van der Waals surface area contributed by atoms with Gasteiger partial charge in [-0.2, -0.15) is 0 Å². The molecule has 0 unspecified atom stereocenters. The molecule has 0 saturated heterocycles. The van der Waals surface area contributed by atoms with Crippen LogP contribution in [0, 0.1) is 6.92 Å². The maximum Gasteiger partial charge on any atom is 0.265 e. The fraction of sp³-hybridized carbons (Fsp3) is 0.200. The Labute approximate surface area is 182 Å². The van der Waals surface area contributed by atoms with E-state index in [0.29, 0.717) is 24.7 Å². The third kappa shape index (κ3) is 6.89. The number of oxime groups is 1. The van der Waals surface area contributed by atoms with Crippen LogP contribution in [0.5, 0.6) is 11.5 Å². The van der Waals surface area contributed by atoms with Crippen LogP contribution >= 0.6 is 0 Å². The van der Waals surface area contributed by atoms with Crippen molar-refractivity contribution in [2.45, 2.75) is 20.5 Å². The van der Waals surface area contributed by atoms with Gasteiger partial charge in [0.2, 0.25) is 0 Å². The monoisotopic (exact) mass is 418 g/mol. The van der Waals surface area contributed by atoms with Gasteiger partial charge in [0.1, 0.15) is 6.61 Å². The van der Waals surface area contributed by atoms with Crippen molar-refractivity contribution in [2.24, 2.45) is 5.16 Å². The third-order valence-corrected chi connectivity index (χ3v) is 4.40. The van der Waals surface area contributed by atoms with Crippen LogP contribution in [0.1, 0.15) is 23.6 Å². The van der Waals surface area contributed by atoms with Crippen LogP contribution in [0.25, 0.3) is 0 Å².